The summed E-state index contributed by atoms with van der Waals surface area (Å²) in [6, 6.07) is 3.09. The second-order valence-electron chi connectivity index (χ2n) is 6.32. The minimum atomic E-state index is -4.66. The average molecular weight is 415 g/mol. The van der Waals surface area contributed by atoms with E-state index in [1.807, 2.05) is 5.32 Å². The van der Waals surface area contributed by atoms with E-state index in [0.29, 0.717) is 22.3 Å². The van der Waals surface area contributed by atoms with E-state index < -0.39 is 36.1 Å². The smallest absolute Gasteiger partial charge is 0.391 e. The van der Waals surface area contributed by atoms with Gasteiger partial charge in [-0.05, 0) is 31.0 Å². The molecule has 1 aromatic heterocycles. The fraction of sp³-hybridized carbons (Fsp3) is 0.421. The first-order valence-corrected chi connectivity index (χ1v) is 8.60. The molecule has 0 aliphatic heterocycles. The maximum Gasteiger partial charge on any atom is 0.391 e. The second kappa shape index (κ2) is 8.97. The molecule has 0 aliphatic carbocycles. The first-order chi connectivity index (χ1) is 13.6. The number of rotatable bonds is 7. The van der Waals surface area contributed by atoms with Crippen LogP contribution in [0.25, 0.3) is 11.0 Å². The van der Waals surface area contributed by atoms with Crippen LogP contribution in [0, 0.1) is 6.92 Å². The molecule has 1 atom stereocenters. The van der Waals surface area contributed by atoms with Crippen LogP contribution in [0.2, 0.25) is 0 Å². The molecule has 0 fully saturated rings. The molecule has 2 aromatic rings. The molecule has 29 heavy (non-hydrogen) atoms. The summed E-state index contributed by atoms with van der Waals surface area (Å²) in [5.41, 5.74) is 0.474. The number of nitrogens with one attached hydrogen (secondary N) is 1. The van der Waals surface area contributed by atoms with Crippen LogP contribution in [0.5, 0.6) is 5.75 Å². The van der Waals surface area contributed by atoms with Crippen LogP contribution in [-0.4, -0.2) is 38.3 Å². The Hall–Kier alpha value is -3.04. The Labute approximate surface area is 163 Å². The molecule has 10 heteroatoms. The zero-order chi connectivity index (χ0) is 21.8. The summed E-state index contributed by atoms with van der Waals surface area (Å²) in [7, 11) is 2.40. The number of carbonyl (C=O) groups excluding carboxylic acids is 2. The summed E-state index contributed by atoms with van der Waals surface area (Å²) >= 11 is 0. The Balaban J connectivity index is 2.15. The van der Waals surface area contributed by atoms with Gasteiger partial charge in [0.15, 0.2) is 0 Å². The third kappa shape index (κ3) is 5.72. The molecule has 158 valence electrons. The number of ether oxygens (including phenoxy) is 2. The van der Waals surface area contributed by atoms with Gasteiger partial charge in [0.05, 0.1) is 20.6 Å². The Bertz CT molecular complexity index is 967. The number of methoxy groups -OCH3 is 2. The van der Waals surface area contributed by atoms with E-state index >= 15 is 0 Å². The number of carbonyl (C=O) groups is 2. The summed E-state index contributed by atoms with van der Waals surface area (Å²) in [4.78, 5) is 35.8. The number of benzene rings is 1. The van der Waals surface area contributed by atoms with Crippen molar-refractivity contribution in [2.75, 3.05) is 14.2 Å². The van der Waals surface area contributed by atoms with Gasteiger partial charge in [0, 0.05) is 23.4 Å². The van der Waals surface area contributed by atoms with E-state index in [1.165, 1.54) is 7.11 Å². The third-order valence-electron chi connectivity index (χ3n) is 4.35. The molecule has 1 amide bonds. The predicted molar refractivity (Wildman–Crippen MR) is 96.7 cm³/mol. The van der Waals surface area contributed by atoms with Crippen molar-refractivity contribution in [1.29, 1.82) is 0 Å². The molecule has 0 saturated carbocycles. The normalized spacial score (nSPS) is 12.5. The zero-order valence-corrected chi connectivity index (χ0v) is 16.0. The molecule has 0 saturated heterocycles. The van der Waals surface area contributed by atoms with Gasteiger partial charge in [-0.1, -0.05) is 0 Å². The van der Waals surface area contributed by atoms with Crippen molar-refractivity contribution in [1.82, 2.24) is 5.32 Å². The molecule has 0 spiro atoms. The molecule has 2 rings (SSSR count). The maximum atomic E-state index is 12.6. The van der Waals surface area contributed by atoms with Crippen molar-refractivity contribution < 1.29 is 36.7 Å². The average Bonchev–Trinajstić information content (AvgIpc) is 2.64. The van der Waals surface area contributed by atoms with Crippen molar-refractivity contribution in [2.45, 2.75) is 38.4 Å². The van der Waals surface area contributed by atoms with Gasteiger partial charge >= 0.3 is 17.8 Å². The highest BCUT2D eigenvalue weighted by Gasteiger charge is 2.36. The monoisotopic (exact) mass is 415 g/mol. The SMILES string of the molecule is COC(=O)[C@@H](CC(F)(F)F)NC(=O)CCc1c(C)c2ccc(OC)cc2oc1=O. The van der Waals surface area contributed by atoms with Crippen LogP contribution >= 0.6 is 0 Å². The van der Waals surface area contributed by atoms with Crippen LogP contribution in [0.3, 0.4) is 0 Å². The first kappa shape index (κ1) is 22.3. The van der Waals surface area contributed by atoms with Crippen LogP contribution in [-0.2, 0) is 20.7 Å². The number of aryl methyl sites for hydroxylation is 1. The second-order valence-corrected chi connectivity index (χ2v) is 6.32. The number of amides is 1. The first-order valence-electron chi connectivity index (χ1n) is 8.60. The minimum absolute atomic E-state index is 0.0676. The number of esters is 1. The van der Waals surface area contributed by atoms with Gasteiger partial charge in [0.2, 0.25) is 5.91 Å². The molecule has 0 radical (unpaired) electrons. The van der Waals surface area contributed by atoms with Crippen molar-refractivity contribution in [2.24, 2.45) is 0 Å². The lowest BCUT2D eigenvalue weighted by Gasteiger charge is -2.18. The molecule has 0 bridgehead atoms. The predicted octanol–water partition coefficient (Wildman–Crippen LogP) is 2.65. The highest BCUT2D eigenvalue weighted by atomic mass is 19.4. The summed E-state index contributed by atoms with van der Waals surface area (Å²) in [5, 5.41) is 2.65. The van der Waals surface area contributed by atoms with Gasteiger partial charge in [-0.15, -0.1) is 0 Å². The fourth-order valence-electron chi connectivity index (χ4n) is 2.86. The summed E-state index contributed by atoms with van der Waals surface area (Å²) in [6.07, 6.45) is -6.59. The standard InChI is InChI=1S/C19H20F3NO6/c1-10-12-5-4-11(27-2)8-15(12)29-17(25)13(10)6-7-16(24)23-14(18(26)28-3)9-19(20,21)22/h4-5,8,14H,6-7,9H2,1-3H3,(H,23,24)/t14-/m1/s1. The number of hydrogen-bond acceptors (Lipinski definition) is 6. The maximum absolute atomic E-state index is 12.6. The molecule has 0 aliphatic rings. The van der Waals surface area contributed by atoms with Crippen molar-refractivity contribution in [3.05, 3.63) is 39.7 Å². The molecule has 1 heterocycles. The van der Waals surface area contributed by atoms with E-state index in [2.05, 4.69) is 4.74 Å². The van der Waals surface area contributed by atoms with E-state index in [4.69, 9.17) is 9.15 Å². The fourth-order valence-corrected chi connectivity index (χ4v) is 2.86. The lowest BCUT2D eigenvalue weighted by atomic mass is 10.0. The highest BCUT2D eigenvalue weighted by Crippen LogP contribution is 2.25. The van der Waals surface area contributed by atoms with Crippen molar-refractivity contribution >= 4 is 22.8 Å². The van der Waals surface area contributed by atoms with Gasteiger partial charge < -0.3 is 19.2 Å². The topological polar surface area (TPSA) is 94.8 Å². The molecular formula is C19H20F3NO6. The van der Waals surface area contributed by atoms with E-state index in [1.54, 1.807) is 25.1 Å². The molecule has 1 aromatic carbocycles. The van der Waals surface area contributed by atoms with Crippen molar-refractivity contribution in [3.63, 3.8) is 0 Å². The van der Waals surface area contributed by atoms with Crippen LogP contribution in [0.15, 0.2) is 27.4 Å². The Morgan fingerprint density at radius 1 is 1.24 bits per heavy atom. The van der Waals surface area contributed by atoms with Gasteiger partial charge in [-0.25, -0.2) is 9.59 Å². The highest BCUT2D eigenvalue weighted by molar-refractivity contribution is 5.85. The summed E-state index contributed by atoms with van der Waals surface area (Å²) in [5.74, 6) is -1.52. The van der Waals surface area contributed by atoms with Gasteiger partial charge in [-0.3, -0.25) is 4.79 Å². The molecule has 7 nitrogen and oxygen atoms in total. The molecular weight excluding hydrogens is 395 g/mol. The number of halogens is 3. The summed E-state index contributed by atoms with van der Waals surface area (Å²) in [6.45, 7) is 1.68. The summed E-state index contributed by atoms with van der Waals surface area (Å²) < 4.78 is 52.4. The third-order valence-corrected chi connectivity index (χ3v) is 4.35. The van der Waals surface area contributed by atoms with Crippen molar-refractivity contribution in [3.8, 4) is 5.75 Å². The molecule has 0 unspecified atom stereocenters. The Kier molecular flexibility index (Phi) is 6.89. The molecule has 1 N–H and O–H groups in total. The van der Waals surface area contributed by atoms with E-state index in [0.717, 1.165) is 7.11 Å². The quantitative estimate of drug-likeness (QED) is 0.552. The van der Waals surface area contributed by atoms with E-state index in [-0.39, 0.29) is 18.4 Å². The number of alkyl halides is 3. The van der Waals surface area contributed by atoms with Crippen LogP contribution in [0.4, 0.5) is 13.2 Å². The van der Waals surface area contributed by atoms with Crippen LogP contribution < -0.4 is 15.7 Å². The minimum Gasteiger partial charge on any atom is -0.497 e. The number of hydrogen-bond donors (Lipinski definition) is 1. The van der Waals surface area contributed by atoms with Crippen LogP contribution in [0.1, 0.15) is 24.0 Å². The zero-order valence-electron chi connectivity index (χ0n) is 16.0. The van der Waals surface area contributed by atoms with Gasteiger partial charge in [0.1, 0.15) is 17.4 Å². The lowest BCUT2D eigenvalue weighted by molar-refractivity contribution is -0.162. The lowest BCUT2D eigenvalue weighted by Crippen LogP contribution is -2.44. The van der Waals surface area contributed by atoms with Gasteiger partial charge in [-0.2, -0.15) is 13.2 Å². The number of fused-ring (bicyclic) bond motifs is 1. The van der Waals surface area contributed by atoms with Gasteiger partial charge in [0.25, 0.3) is 0 Å². The largest absolute Gasteiger partial charge is 0.497 e. The Morgan fingerprint density at radius 2 is 1.93 bits per heavy atom. The van der Waals surface area contributed by atoms with E-state index in [9.17, 15) is 27.6 Å². The Morgan fingerprint density at radius 3 is 2.52 bits per heavy atom.